The van der Waals surface area contributed by atoms with Crippen LogP contribution in [0.5, 0.6) is 0 Å². The SMILES string of the molecule is O=Cc1cccc(-c2cc(Cl)ccc2F)c1. The van der Waals surface area contributed by atoms with E-state index in [1.807, 2.05) is 0 Å². The molecule has 0 bridgehead atoms. The van der Waals surface area contributed by atoms with E-state index in [9.17, 15) is 9.18 Å². The molecule has 0 radical (unpaired) electrons. The minimum absolute atomic E-state index is 0.354. The minimum Gasteiger partial charge on any atom is -0.298 e. The normalized spacial score (nSPS) is 10.1. The molecule has 0 saturated carbocycles. The first kappa shape index (κ1) is 10.8. The van der Waals surface area contributed by atoms with Gasteiger partial charge in [-0.1, -0.05) is 29.8 Å². The van der Waals surface area contributed by atoms with E-state index in [1.165, 1.54) is 12.1 Å². The van der Waals surface area contributed by atoms with Crippen molar-refractivity contribution in [3.05, 3.63) is 58.9 Å². The molecule has 0 saturated heterocycles. The summed E-state index contributed by atoms with van der Waals surface area (Å²) in [5, 5.41) is 0.466. The second-order valence-electron chi connectivity index (χ2n) is 3.37. The Balaban J connectivity index is 2.57. The Morgan fingerprint density at radius 1 is 1.12 bits per heavy atom. The highest BCUT2D eigenvalue weighted by Crippen LogP contribution is 2.26. The number of hydrogen-bond acceptors (Lipinski definition) is 1. The van der Waals surface area contributed by atoms with Crippen LogP contribution in [0.15, 0.2) is 42.5 Å². The summed E-state index contributed by atoms with van der Waals surface area (Å²) in [5.74, 6) is -0.354. The molecule has 0 amide bonds. The van der Waals surface area contributed by atoms with Gasteiger partial charge in [-0.2, -0.15) is 0 Å². The first-order valence-electron chi connectivity index (χ1n) is 4.71. The first-order valence-corrected chi connectivity index (χ1v) is 5.09. The Morgan fingerprint density at radius 3 is 2.69 bits per heavy atom. The molecule has 0 atom stereocenters. The van der Waals surface area contributed by atoms with Gasteiger partial charge < -0.3 is 0 Å². The smallest absolute Gasteiger partial charge is 0.150 e. The van der Waals surface area contributed by atoms with Crippen molar-refractivity contribution in [2.75, 3.05) is 0 Å². The molecule has 2 rings (SSSR count). The Morgan fingerprint density at radius 2 is 1.94 bits per heavy atom. The third-order valence-electron chi connectivity index (χ3n) is 2.26. The van der Waals surface area contributed by atoms with Crippen LogP contribution in [0.25, 0.3) is 11.1 Å². The number of rotatable bonds is 2. The molecule has 0 aliphatic carbocycles. The molecule has 0 aliphatic rings. The first-order chi connectivity index (χ1) is 7.70. The molecule has 0 aromatic heterocycles. The van der Waals surface area contributed by atoms with Crippen LogP contribution in [0.4, 0.5) is 4.39 Å². The summed E-state index contributed by atoms with van der Waals surface area (Å²) in [7, 11) is 0. The summed E-state index contributed by atoms with van der Waals surface area (Å²) in [5.41, 5.74) is 1.55. The zero-order valence-corrected chi connectivity index (χ0v) is 9.04. The predicted molar refractivity (Wildman–Crippen MR) is 62.2 cm³/mol. The van der Waals surface area contributed by atoms with Gasteiger partial charge >= 0.3 is 0 Å². The van der Waals surface area contributed by atoms with E-state index < -0.39 is 0 Å². The van der Waals surface area contributed by atoms with Gasteiger partial charge in [0.2, 0.25) is 0 Å². The van der Waals surface area contributed by atoms with E-state index in [0.29, 0.717) is 21.7 Å². The maximum atomic E-state index is 13.5. The molecule has 2 aromatic rings. The van der Waals surface area contributed by atoms with Gasteiger partial charge in [-0.15, -0.1) is 0 Å². The van der Waals surface area contributed by atoms with Crippen LogP contribution in [0, 0.1) is 5.82 Å². The summed E-state index contributed by atoms with van der Waals surface area (Å²) < 4.78 is 13.5. The minimum atomic E-state index is -0.354. The zero-order valence-electron chi connectivity index (χ0n) is 8.28. The van der Waals surface area contributed by atoms with Gasteiger partial charge in [0, 0.05) is 16.1 Å². The fourth-order valence-electron chi connectivity index (χ4n) is 1.50. The van der Waals surface area contributed by atoms with Crippen LogP contribution in [0.1, 0.15) is 10.4 Å². The molecule has 0 aliphatic heterocycles. The van der Waals surface area contributed by atoms with Crippen molar-refractivity contribution >= 4 is 17.9 Å². The van der Waals surface area contributed by atoms with Crippen molar-refractivity contribution in [1.82, 2.24) is 0 Å². The summed E-state index contributed by atoms with van der Waals surface area (Å²) in [6, 6.07) is 11.1. The molecular weight excluding hydrogens is 227 g/mol. The van der Waals surface area contributed by atoms with Gasteiger partial charge in [-0.3, -0.25) is 4.79 Å². The zero-order chi connectivity index (χ0) is 11.5. The Labute approximate surface area is 97.5 Å². The van der Waals surface area contributed by atoms with E-state index in [1.54, 1.807) is 30.3 Å². The van der Waals surface area contributed by atoms with Gasteiger partial charge in [-0.25, -0.2) is 4.39 Å². The molecule has 3 heteroatoms. The summed E-state index contributed by atoms with van der Waals surface area (Å²) in [4.78, 5) is 10.6. The van der Waals surface area contributed by atoms with Crippen molar-refractivity contribution < 1.29 is 9.18 Å². The van der Waals surface area contributed by atoms with Crippen molar-refractivity contribution in [2.45, 2.75) is 0 Å². The maximum Gasteiger partial charge on any atom is 0.150 e. The lowest BCUT2D eigenvalue weighted by Gasteiger charge is -2.04. The van der Waals surface area contributed by atoms with E-state index in [2.05, 4.69) is 0 Å². The topological polar surface area (TPSA) is 17.1 Å². The van der Waals surface area contributed by atoms with E-state index in [-0.39, 0.29) is 5.82 Å². The summed E-state index contributed by atoms with van der Waals surface area (Å²) in [6.07, 6.45) is 0.728. The quantitative estimate of drug-likeness (QED) is 0.719. The second kappa shape index (κ2) is 4.45. The summed E-state index contributed by atoms with van der Waals surface area (Å²) >= 11 is 5.80. The lowest BCUT2D eigenvalue weighted by atomic mass is 10.0. The molecular formula is C13H8ClFO. The fourth-order valence-corrected chi connectivity index (χ4v) is 1.67. The van der Waals surface area contributed by atoms with Crippen LogP contribution < -0.4 is 0 Å². The molecule has 0 spiro atoms. The highest BCUT2D eigenvalue weighted by atomic mass is 35.5. The summed E-state index contributed by atoms with van der Waals surface area (Å²) in [6.45, 7) is 0. The molecule has 16 heavy (non-hydrogen) atoms. The average molecular weight is 235 g/mol. The Bertz CT molecular complexity index is 537. The third-order valence-corrected chi connectivity index (χ3v) is 2.50. The van der Waals surface area contributed by atoms with Crippen molar-refractivity contribution in [1.29, 1.82) is 0 Å². The lowest BCUT2D eigenvalue weighted by molar-refractivity contribution is 0.112. The number of hydrogen-bond donors (Lipinski definition) is 0. The number of carbonyl (C=O) groups excluding carboxylic acids is 1. The lowest BCUT2D eigenvalue weighted by Crippen LogP contribution is -1.86. The molecule has 0 fully saturated rings. The van der Waals surface area contributed by atoms with Crippen LogP contribution in [0.2, 0.25) is 5.02 Å². The second-order valence-corrected chi connectivity index (χ2v) is 3.80. The Hall–Kier alpha value is -1.67. The van der Waals surface area contributed by atoms with E-state index >= 15 is 0 Å². The fraction of sp³-hybridized carbons (Fsp3) is 0. The third kappa shape index (κ3) is 2.12. The standard InChI is InChI=1S/C13H8ClFO/c14-11-4-5-13(15)12(7-11)10-3-1-2-9(6-10)8-16/h1-8H. The van der Waals surface area contributed by atoms with Crippen LogP contribution in [-0.2, 0) is 0 Å². The van der Waals surface area contributed by atoms with Crippen molar-refractivity contribution in [2.24, 2.45) is 0 Å². The number of aldehydes is 1. The monoisotopic (exact) mass is 234 g/mol. The van der Waals surface area contributed by atoms with Gasteiger partial charge in [0.15, 0.2) is 0 Å². The van der Waals surface area contributed by atoms with Gasteiger partial charge in [0.1, 0.15) is 12.1 Å². The van der Waals surface area contributed by atoms with E-state index in [0.717, 1.165) is 6.29 Å². The number of halogens is 2. The van der Waals surface area contributed by atoms with Crippen LogP contribution >= 0.6 is 11.6 Å². The highest BCUT2D eigenvalue weighted by Gasteiger charge is 2.06. The van der Waals surface area contributed by atoms with Crippen molar-refractivity contribution in [3.63, 3.8) is 0 Å². The highest BCUT2D eigenvalue weighted by molar-refractivity contribution is 6.30. The molecule has 0 heterocycles. The van der Waals surface area contributed by atoms with Crippen LogP contribution in [0.3, 0.4) is 0 Å². The largest absolute Gasteiger partial charge is 0.298 e. The van der Waals surface area contributed by atoms with Crippen LogP contribution in [-0.4, -0.2) is 6.29 Å². The van der Waals surface area contributed by atoms with Gasteiger partial charge in [0.05, 0.1) is 0 Å². The molecule has 2 aromatic carbocycles. The predicted octanol–water partition coefficient (Wildman–Crippen LogP) is 3.96. The van der Waals surface area contributed by atoms with E-state index in [4.69, 9.17) is 11.6 Å². The van der Waals surface area contributed by atoms with Gasteiger partial charge in [0.25, 0.3) is 0 Å². The number of benzene rings is 2. The van der Waals surface area contributed by atoms with Crippen molar-refractivity contribution in [3.8, 4) is 11.1 Å². The number of carbonyl (C=O) groups is 1. The molecule has 80 valence electrons. The Kier molecular flexibility index (Phi) is 3.02. The maximum absolute atomic E-state index is 13.5. The molecule has 0 N–H and O–H groups in total. The van der Waals surface area contributed by atoms with Gasteiger partial charge in [-0.05, 0) is 29.8 Å². The molecule has 1 nitrogen and oxygen atoms in total. The average Bonchev–Trinajstić information content (AvgIpc) is 2.32. The molecule has 0 unspecified atom stereocenters.